The van der Waals surface area contributed by atoms with Crippen LogP contribution in [-0.2, 0) is 16.0 Å². The molecule has 0 saturated carbocycles. The Balaban J connectivity index is 2.27. The number of amides is 2. The van der Waals surface area contributed by atoms with Gasteiger partial charge in [-0.1, -0.05) is 30.3 Å². The zero-order valence-corrected chi connectivity index (χ0v) is 12.1. The van der Waals surface area contributed by atoms with Gasteiger partial charge in [0.15, 0.2) is 0 Å². The maximum absolute atomic E-state index is 11.8. The summed E-state index contributed by atoms with van der Waals surface area (Å²) in [4.78, 5) is 25.1. The van der Waals surface area contributed by atoms with Crippen LogP contribution in [0.4, 0.5) is 0 Å². The summed E-state index contributed by atoms with van der Waals surface area (Å²) >= 11 is 0. The van der Waals surface area contributed by atoms with Crippen LogP contribution in [0.15, 0.2) is 30.3 Å². The molecule has 1 aromatic carbocycles. The number of carbonyl (C=O) groups excluding carboxylic acids is 2. The second-order valence-electron chi connectivity index (χ2n) is 4.85. The van der Waals surface area contributed by atoms with E-state index in [2.05, 4.69) is 5.32 Å². The molecule has 0 aliphatic carbocycles. The minimum Gasteiger partial charge on any atom is -0.355 e. The Hall–Kier alpha value is -1.88. The first-order valence-corrected chi connectivity index (χ1v) is 6.81. The number of benzene rings is 1. The molecule has 0 heterocycles. The molecule has 0 saturated heterocycles. The summed E-state index contributed by atoms with van der Waals surface area (Å²) in [6.45, 7) is 2.68. The molecule has 20 heavy (non-hydrogen) atoms. The van der Waals surface area contributed by atoms with Gasteiger partial charge in [-0.25, -0.2) is 0 Å². The van der Waals surface area contributed by atoms with Gasteiger partial charge in [-0.15, -0.1) is 0 Å². The van der Waals surface area contributed by atoms with Crippen molar-refractivity contribution in [3.63, 3.8) is 0 Å². The van der Waals surface area contributed by atoms with Gasteiger partial charge in [0.25, 0.3) is 0 Å². The SMILES string of the molecule is CC(CN)N(C)C(=O)CCNC(=O)Cc1ccccc1. The maximum atomic E-state index is 11.8. The van der Waals surface area contributed by atoms with Crippen molar-refractivity contribution < 1.29 is 9.59 Å². The number of nitrogens with two attached hydrogens (primary N) is 1. The van der Waals surface area contributed by atoms with Gasteiger partial charge in [0.1, 0.15) is 0 Å². The van der Waals surface area contributed by atoms with Gasteiger partial charge in [0.2, 0.25) is 11.8 Å². The Morgan fingerprint density at radius 1 is 1.30 bits per heavy atom. The third-order valence-corrected chi connectivity index (χ3v) is 3.26. The van der Waals surface area contributed by atoms with E-state index in [0.29, 0.717) is 25.9 Å². The number of rotatable bonds is 7. The van der Waals surface area contributed by atoms with Gasteiger partial charge >= 0.3 is 0 Å². The van der Waals surface area contributed by atoms with Crippen LogP contribution in [0, 0.1) is 0 Å². The summed E-state index contributed by atoms with van der Waals surface area (Å²) in [6, 6.07) is 9.53. The van der Waals surface area contributed by atoms with Crippen LogP contribution in [0.5, 0.6) is 0 Å². The van der Waals surface area contributed by atoms with E-state index in [0.717, 1.165) is 5.56 Å². The molecule has 5 heteroatoms. The number of carbonyl (C=O) groups is 2. The lowest BCUT2D eigenvalue weighted by atomic mass is 10.1. The lowest BCUT2D eigenvalue weighted by molar-refractivity contribution is -0.131. The van der Waals surface area contributed by atoms with Crippen molar-refractivity contribution in [2.75, 3.05) is 20.1 Å². The third-order valence-electron chi connectivity index (χ3n) is 3.26. The van der Waals surface area contributed by atoms with Crippen molar-refractivity contribution in [1.29, 1.82) is 0 Å². The number of nitrogens with one attached hydrogen (secondary N) is 1. The average Bonchev–Trinajstić information content (AvgIpc) is 2.46. The van der Waals surface area contributed by atoms with Crippen LogP contribution in [0.3, 0.4) is 0 Å². The van der Waals surface area contributed by atoms with Gasteiger partial charge in [-0.2, -0.15) is 0 Å². The van der Waals surface area contributed by atoms with E-state index in [1.54, 1.807) is 11.9 Å². The van der Waals surface area contributed by atoms with Crippen LogP contribution >= 0.6 is 0 Å². The van der Waals surface area contributed by atoms with Gasteiger partial charge in [0, 0.05) is 32.6 Å². The molecule has 1 unspecified atom stereocenters. The molecule has 0 aliphatic rings. The number of hydrogen-bond donors (Lipinski definition) is 2. The van der Waals surface area contributed by atoms with E-state index in [9.17, 15) is 9.59 Å². The fourth-order valence-corrected chi connectivity index (χ4v) is 1.73. The molecule has 1 aromatic rings. The van der Waals surface area contributed by atoms with E-state index in [1.807, 2.05) is 37.3 Å². The van der Waals surface area contributed by atoms with Crippen LogP contribution in [0.2, 0.25) is 0 Å². The summed E-state index contributed by atoms with van der Waals surface area (Å²) in [6.07, 6.45) is 0.630. The van der Waals surface area contributed by atoms with Crippen molar-refractivity contribution in [3.8, 4) is 0 Å². The minimum absolute atomic E-state index is 0.0111. The highest BCUT2D eigenvalue weighted by atomic mass is 16.2. The number of likely N-dealkylation sites (N-methyl/N-ethyl adjacent to an activating group) is 1. The summed E-state index contributed by atoms with van der Waals surface area (Å²) < 4.78 is 0. The van der Waals surface area contributed by atoms with Gasteiger partial charge in [-0.05, 0) is 12.5 Å². The first-order valence-electron chi connectivity index (χ1n) is 6.81. The second kappa shape index (κ2) is 8.32. The Labute approximate surface area is 120 Å². The fraction of sp³-hybridized carbons (Fsp3) is 0.467. The molecule has 1 rings (SSSR count). The first-order chi connectivity index (χ1) is 9.54. The normalized spacial score (nSPS) is 11.8. The molecule has 3 N–H and O–H groups in total. The molecule has 0 aliphatic heterocycles. The molecule has 0 spiro atoms. The monoisotopic (exact) mass is 277 g/mol. The first kappa shape index (κ1) is 16.2. The molecule has 0 fully saturated rings. The molecule has 1 atom stereocenters. The van der Waals surface area contributed by atoms with Gasteiger partial charge in [-0.3, -0.25) is 9.59 Å². The van der Waals surface area contributed by atoms with E-state index >= 15 is 0 Å². The van der Waals surface area contributed by atoms with E-state index in [-0.39, 0.29) is 17.9 Å². The quantitative estimate of drug-likeness (QED) is 0.764. The van der Waals surface area contributed by atoms with Crippen LogP contribution in [0.25, 0.3) is 0 Å². The largest absolute Gasteiger partial charge is 0.355 e. The van der Waals surface area contributed by atoms with Crippen molar-refractivity contribution in [3.05, 3.63) is 35.9 Å². The molecular formula is C15H23N3O2. The summed E-state index contributed by atoms with van der Waals surface area (Å²) in [5, 5.41) is 2.76. The van der Waals surface area contributed by atoms with Crippen LogP contribution in [0.1, 0.15) is 18.9 Å². The Kier molecular flexibility index (Phi) is 6.73. The molecule has 0 bridgehead atoms. The highest BCUT2D eigenvalue weighted by Crippen LogP contribution is 2.00. The zero-order chi connectivity index (χ0) is 15.0. The summed E-state index contributed by atoms with van der Waals surface area (Å²) in [7, 11) is 1.73. The Morgan fingerprint density at radius 2 is 1.95 bits per heavy atom. The topological polar surface area (TPSA) is 75.4 Å². The van der Waals surface area contributed by atoms with Gasteiger partial charge in [0.05, 0.1) is 6.42 Å². The second-order valence-corrected chi connectivity index (χ2v) is 4.85. The highest BCUT2D eigenvalue weighted by Gasteiger charge is 2.14. The molecule has 110 valence electrons. The smallest absolute Gasteiger partial charge is 0.224 e. The Morgan fingerprint density at radius 3 is 2.55 bits per heavy atom. The predicted molar refractivity (Wildman–Crippen MR) is 79.1 cm³/mol. The fourth-order valence-electron chi connectivity index (χ4n) is 1.73. The van der Waals surface area contributed by atoms with E-state index in [1.165, 1.54) is 0 Å². The van der Waals surface area contributed by atoms with Gasteiger partial charge < -0.3 is 16.0 Å². The standard InChI is InChI=1S/C15H23N3O2/c1-12(11-16)18(2)15(20)8-9-17-14(19)10-13-6-4-3-5-7-13/h3-7,12H,8-11,16H2,1-2H3,(H,17,19). The zero-order valence-electron chi connectivity index (χ0n) is 12.1. The third kappa shape index (κ3) is 5.40. The predicted octanol–water partition coefficient (Wildman–Crippen LogP) is 0.541. The number of nitrogens with zero attached hydrogens (tertiary/aromatic N) is 1. The van der Waals surface area contributed by atoms with E-state index < -0.39 is 0 Å². The van der Waals surface area contributed by atoms with Crippen LogP contribution < -0.4 is 11.1 Å². The average molecular weight is 277 g/mol. The van der Waals surface area contributed by atoms with Crippen molar-refractivity contribution >= 4 is 11.8 Å². The summed E-state index contributed by atoms with van der Waals surface area (Å²) in [5.74, 6) is -0.0820. The minimum atomic E-state index is -0.0708. The summed E-state index contributed by atoms with van der Waals surface area (Å²) in [5.41, 5.74) is 6.47. The molecular weight excluding hydrogens is 254 g/mol. The molecule has 5 nitrogen and oxygen atoms in total. The molecule has 0 radical (unpaired) electrons. The number of hydrogen-bond acceptors (Lipinski definition) is 3. The van der Waals surface area contributed by atoms with Crippen LogP contribution in [-0.4, -0.2) is 42.9 Å². The Bertz CT molecular complexity index is 434. The highest BCUT2D eigenvalue weighted by molar-refractivity contribution is 5.80. The molecule has 2 amide bonds. The maximum Gasteiger partial charge on any atom is 0.224 e. The van der Waals surface area contributed by atoms with E-state index in [4.69, 9.17) is 5.73 Å². The lowest BCUT2D eigenvalue weighted by Gasteiger charge is -2.23. The van der Waals surface area contributed by atoms with Crippen molar-refractivity contribution in [2.45, 2.75) is 25.8 Å². The van der Waals surface area contributed by atoms with Crippen molar-refractivity contribution in [1.82, 2.24) is 10.2 Å². The molecule has 0 aromatic heterocycles. The van der Waals surface area contributed by atoms with Crippen molar-refractivity contribution in [2.24, 2.45) is 5.73 Å². The lowest BCUT2D eigenvalue weighted by Crippen LogP contribution is -2.41.